The van der Waals surface area contributed by atoms with Crippen LogP contribution in [0, 0.1) is 5.92 Å². The molecule has 6 radical (unpaired) electrons. The van der Waals surface area contributed by atoms with E-state index in [4.69, 9.17) is 39.1 Å². The second-order valence-electron chi connectivity index (χ2n) is 9.60. The number of ether oxygens (including phenoxy) is 1. The average molecular weight is 501 g/mol. The summed E-state index contributed by atoms with van der Waals surface area (Å²) in [7, 11) is 16.7. The van der Waals surface area contributed by atoms with Gasteiger partial charge in [-0.2, -0.15) is 10.5 Å². The van der Waals surface area contributed by atoms with Crippen molar-refractivity contribution in [3.8, 4) is 22.8 Å². The van der Waals surface area contributed by atoms with E-state index in [1.54, 1.807) is 4.90 Å². The first-order valence-corrected chi connectivity index (χ1v) is 12.6. The number of hydrogen-bond acceptors (Lipinski definition) is 5. The summed E-state index contributed by atoms with van der Waals surface area (Å²) in [6, 6.07) is 17.0. The van der Waals surface area contributed by atoms with Crippen LogP contribution in [0.4, 0.5) is 5.82 Å². The number of fused-ring (bicyclic) bond motifs is 1. The van der Waals surface area contributed by atoms with Gasteiger partial charge in [0.25, 0.3) is 5.91 Å². The van der Waals surface area contributed by atoms with Gasteiger partial charge in [0.05, 0.1) is 21.7 Å². The molecule has 1 atom stereocenters. The molecule has 3 N–H and O–H groups in total. The van der Waals surface area contributed by atoms with Crippen LogP contribution in [0.2, 0.25) is 0 Å². The molecule has 38 heavy (non-hydrogen) atoms. The molecule has 0 saturated carbocycles. The van der Waals surface area contributed by atoms with Gasteiger partial charge in [-0.05, 0) is 61.6 Å². The SMILES string of the molecule is [B]C([B])=C([B])C(=O)N1CCC([C@@H]2CCNc3c(C(N)=O)c(-c4ccc(Oc5ccccc5)cc4)nn32)CC1. The number of amides is 2. The molecule has 2 aliphatic rings. The summed E-state index contributed by atoms with van der Waals surface area (Å²) in [6.45, 7) is 1.77. The Balaban J connectivity index is 1.38. The maximum absolute atomic E-state index is 12.6. The Bertz CT molecular complexity index is 1360. The quantitative estimate of drug-likeness (QED) is 0.400. The number of benzene rings is 2. The van der Waals surface area contributed by atoms with Gasteiger partial charge in [0.2, 0.25) is 5.91 Å². The minimum Gasteiger partial charge on any atom is -0.457 e. The van der Waals surface area contributed by atoms with Crippen molar-refractivity contribution in [2.75, 3.05) is 25.0 Å². The number of nitrogens with zero attached hydrogens (tertiary/aromatic N) is 3. The van der Waals surface area contributed by atoms with Gasteiger partial charge in [0, 0.05) is 25.2 Å². The van der Waals surface area contributed by atoms with Crippen LogP contribution in [0.25, 0.3) is 11.3 Å². The zero-order valence-electron chi connectivity index (χ0n) is 21.0. The summed E-state index contributed by atoms with van der Waals surface area (Å²) in [4.78, 5) is 26.8. The van der Waals surface area contributed by atoms with Crippen LogP contribution >= 0.6 is 0 Å². The third-order valence-corrected chi connectivity index (χ3v) is 7.22. The molecule has 11 heteroatoms. The largest absolute Gasteiger partial charge is 0.457 e. The lowest BCUT2D eigenvalue weighted by molar-refractivity contribution is -0.128. The third kappa shape index (κ3) is 5.10. The molecule has 1 saturated heterocycles. The van der Waals surface area contributed by atoms with E-state index in [-0.39, 0.29) is 28.7 Å². The highest BCUT2D eigenvalue weighted by atomic mass is 16.5. The molecule has 3 heterocycles. The number of piperidine rings is 1. The van der Waals surface area contributed by atoms with Crippen LogP contribution in [0.3, 0.4) is 0 Å². The summed E-state index contributed by atoms with van der Waals surface area (Å²) >= 11 is 0. The molecule has 5 rings (SSSR count). The number of para-hydroxylation sites is 1. The summed E-state index contributed by atoms with van der Waals surface area (Å²) in [5, 5.41) is 8.06. The lowest BCUT2D eigenvalue weighted by atomic mass is 9.69. The van der Waals surface area contributed by atoms with E-state index < -0.39 is 5.91 Å². The molecule has 2 aromatic carbocycles. The van der Waals surface area contributed by atoms with Crippen LogP contribution < -0.4 is 15.8 Å². The summed E-state index contributed by atoms with van der Waals surface area (Å²) in [5.74, 6) is 1.42. The molecule has 186 valence electrons. The number of carbonyl (C=O) groups excluding carboxylic acids is 2. The van der Waals surface area contributed by atoms with Crippen LogP contribution in [0.5, 0.6) is 11.5 Å². The Morgan fingerprint density at radius 2 is 1.61 bits per heavy atom. The van der Waals surface area contributed by atoms with Gasteiger partial charge in [-0.15, -0.1) is 0 Å². The van der Waals surface area contributed by atoms with E-state index in [2.05, 4.69) is 5.32 Å². The molecule has 2 amide bonds. The molecular formula is C27H26B3N5O3. The van der Waals surface area contributed by atoms with E-state index in [0.717, 1.165) is 30.6 Å². The van der Waals surface area contributed by atoms with Gasteiger partial charge in [0.15, 0.2) is 0 Å². The van der Waals surface area contributed by atoms with E-state index in [1.165, 1.54) is 0 Å². The predicted octanol–water partition coefficient (Wildman–Crippen LogP) is 2.71. The molecule has 0 bridgehead atoms. The second-order valence-corrected chi connectivity index (χ2v) is 9.60. The first-order valence-electron chi connectivity index (χ1n) is 12.6. The van der Waals surface area contributed by atoms with Crippen LogP contribution in [-0.2, 0) is 4.79 Å². The van der Waals surface area contributed by atoms with E-state index in [1.807, 2.05) is 59.3 Å². The smallest absolute Gasteiger partial charge is 0.254 e. The second kappa shape index (κ2) is 10.9. The topological polar surface area (TPSA) is 102 Å². The fourth-order valence-electron chi connectivity index (χ4n) is 5.26. The molecule has 3 aromatic rings. The number of aromatic nitrogens is 2. The van der Waals surface area contributed by atoms with Gasteiger partial charge in [-0.1, -0.05) is 23.7 Å². The lowest BCUT2D eigenvalue weighted by Gasteiger charge is -2.38. The molecule has 0 unspecified atom stereocenters. The van der Waals surface area contributed by atoms with Crippen LogP contribution in [0.1, 0.15) is 35.7 Å². The number of carbonyl (C=O) groups is 2. The monoisotopic (exact) mass is 501 g/mol. The number of rotatable bonds is 6. The van der Waals surface area contributed by atoms with Gasteiger partial charge < -0.3 is 20.7 Å². The average Bonchev–Trinajstić information content (AvgIpc) is 3.33. The first-order chi connectivity index (χ1) is 18.3. The van der Waals surface area contributed by atoms with E-state index >= 15 is 0 Å². The standard InChI is InChI=1S/C27H26B3N5O3/c28-22(24(29)30)27(37)34-14-11-16(12-15-34)20-10-13-32-26-21(25(31)36)23(33-35(20)26)17-6-8-19(9-7-17)38-18-4-2-1-3-5-18/h1-9,16,20,32H,10-15H2,(H2,31,36)/t20-/m0/s1. The van der Waals surface area contributed by atoms with Crippen molar-refractivity contribution in [1.29, 1.82) is 0 Å². The normalized spacial score (nSPS) is 17.3. The third-order valence-electron chi connectivity index (χ3n) is 7.22. The fraction of sp³-hybridized carbons (Fsp3) is 0.296. The Morgan fingerprint density at radius 1 is 0.947 bits per heavy atom. The number of hydrogen-bond donors (Lipinski definition) is 2. The zero-order chi connectivity index (χ0) is 26.8. The van der Waals surface area contributed by atoms with Crippen molar-refractivity contribution < 1.29 is 14.3 Å². The molecule has 8 nitrogen and oxygen atoms in total. The van der Waals surface area contributed by atoms with E-state index in [0.29, 0.717) is 42.5 Å². The lowest BCUT2D eigenvalue weighted by Crippen LogP contribution is -2.42. The first kappa shape index (κ1) is 25.8. The Morgan fingerprint density at radius 3 is 2.24 bits per heavy atom. The minimum atomic E-state index is -0.541. The molecule has 2 aliphatic heterocycles. The Labute approximate surface area is 225 Å². The Kier molecular flexibility index (Phi) is 7.36. The van der Waals surface area contributed by atoms with Crippen molar-refractivity contribution in [1.82, 2.24) is 14.7 Å². The van der Waals surface area contributed by atoms with Crippen molar-refractivity contribution in [3.63, 3.8) is 0 Å². The van der Waals surface area contributed by atoms with Crippen LogP contribution in [0.15, 0.2) is 65.4 Å². The summed E-state index contributed by atoms with van der Waals surface area (Å²) in [5.41, 5.74) is 7.40. The molecule has 1 fully saturated rings. The summed E-state index contributed by atoms with van der Waals surface area (Å²) in [6.07, 6.45) is 2.37. The summed E-state index contributed by atoms with van der Waals surface area (Å²) < 4.78 is 7.80. The maximum Gasteiger partial charge on any atom is 0.254 e. The number of likely N-dealkylation sites (tertiary alicyclic amines) is 1. The number of nitrogens with one attached hydrogen (secondary N) is 1. The minimum absolute atomic E-state index is 0.0588. The van der Waals surface area contributed by atoms with Crippen LogP contribution in [-0.4, -0.2) is 69.7 Å². The molecular weight excluding hydrogens is 475 g/mol. The molecule has 0 spiro atoms. The number of primary amides is 1. The van der Waals surface area contributed by atoms with Gasteiger partial charge in [0.1, 0.15) is 36.4 Å². The highest BCUT2D eigenvalue weighted by Crippen LogP contribution is 2.40. The van der Waals surface area contributed by atoms with Crippen molar-refractivity contribution >= 4 is 41.2 Å². The fourth-order valence-corrected chi connectivity index (χ4v) is 5.26. The van der Waals surface area contributed by atoms with Gasteiger partial charge in [-0.3, -0.25) is 9.59 Å². The van der Waals surface area contributed by atoms with Crippen molar-refractivity contribution in [2.45, 2.75) is 25.3 Å². The van der Waals surface area contributed by atoms with Gasteiger partial charge in [-0.25, -0.2) is 4.68 Å². The molecule has 0 aliphatic carbocycles. The predicted molar refractivity (Wildman–Crippen MR) is 148 cm³/mol. The number of nitrogens with two attached hydrogens (primary N) is 1. The Hall–Kier alpha value is -3.88. The van der Waals surface area contributed by atoms with Crippen molar-refractivity contribution in [3.05, 3.63) is 71.0 Å². The highest BCUT2D eigenvalue weighted by molar-refractivity contribution is 6.55. The van der Waals surface area contributed by atoms with Gasteiger partial charge >= 0.3 is 0 Å². The molecule has 1 aromatic heterocycles. The van der Waals surface area contributed by atoms with E-state index in [9.17, 15) is 9.59 Å². The van der Waals surface area contributed by atoms with Crippen molar-refractivity contribution in [2.24, 2.45) is 11.7 Å². The zero-order valence-corrected chi connectivity index (χ0v) is 21.0. The number of anilines is 1. The maximum atomic E-state index is 12.6. The highest BCUT2D eigenvalue weighted by Gasteiger charge is 2.36.